The Hall–Kier alpha value is -0.233. The van der Waals surface area contributed by atoms with E-state index in [-0.39, 0.29) is 18.9 Å². The Balaban J connectivity index is 0.000000980. The zero-order valence-electron chi connectivity index (χ0n) is 8.50. The minimum Gasteiger partial charge on any atom is -0.516 e. The van der Waals surface area contributed by atoms with Crippen LogP contribution < -0.4 is 28.3 Å². The average molecular weight is 202 g/mol. The van der Waals surface area contributed by atoms with Gasteiger partial charge < -0.3 is 9.47 Å². The zero-order chi connectivity index (χ0) is 9.10. The maximum absolute atomic E-state index is 5.27. The van der Waals surface area contributed by atoms with Crippen molar-refractivity contribution < 1.29 is 28.3 Å². The molecule has 0 N–H and O–H groups in total. The fraction of sp³-hybridized carbons (Fsp3) is 0.400. The van der Waals surface area contributed by atoms with Crippen molar-refractivity contribution in [1.82, 2.24) is 0 Å². The molecule has 1 aliphatic heterocycles. The van der Waals surface area contributed by atoms with Crippen molar-refractivity contribution in [3.63, 3.8) is 0 Å². The van der Waals surface area contributed by atoms with Crippen molar-refractivity contribution in [2.75, 3.05) is 12.5 Å². The second-order valence-electron chi connectivity index (χ2n) is 2.73. The molecular formula is C10H11LiO2S. The molecule has 0 radical (unpaired) electrons. The Morgan fingerprint density at radius 2 is 2.21 bits per heavy atom. The van der Waals surface area contributed by atoms with Crippen molar-refractivity contribution in [2.45, 2.75) is 12.7 Å². The number of benzene rings is 1. The van der Waals surface area contributed by atoms with Gasteiger partial charge in [0.1, 0.15) is 0 Å². The first-order valence-electron chi connectivity index (χ1n) is 4.28. The third kappa shape index (κ3) is 2.63. The first kappa shape index (κ1) is 11.8. The van der Waals surface area contributed by atoms with Gasteiger partial charge in [-0.3, -0.25) is 0 Å². The molecule has 0 fully saturated rings. The summed E-state index contributed by atoms with van der Waals surface area (Å²) in [4.78, 5) is 0. The molecule has 1 heterocycles. The number of rotatable bonds is 3. The Morgan fingerprint density at radius 3 is 3.00 bits per heavy atom. The van der Waals surface area contributed by atoms with Crippen LogP contribution in [0.4, 0.5) is 0 Å². The molecule has 0 aliphatic carbocycles. The largest absolute Gasteiger partial charge is 1.00 e. The van der Waals surface area contributed by atoms with Crippen molar-refractivity contribution in [1.29, 1.82) is 0 Å². The first-order valence-corrected chi connectivity index (χ1v) is 5.43. The molecule has 4 heteroatoms. The smallest absolute Gasteiger partial charge is 0.516 e. The number of ether oxygens (including phenoxy) is 2. The van der Waals surface area contributed by atoms with Gasteiger partial charge in [0.05, 0.1) is 11.5 Å². The minimum absolute atomic E-state index is 0. The van der Waals surface area contributed by atoms with Gasteiger partial charge in [0, 0.05) is 0 Å². The first-order chi connectivity index (χ1) is 6.40. The van der Waals surface area contributed by atoms with E-state index in [1.165, 1.54) is 5.56 Å². The van der Waals surface area contributed by atoms with E-state index in [2.05, 4.69) is 13.0 Å². The molecule has 0 saturated heterocycles. The quantitative estimate of drug-likeness (QED) is 0.485. The topological polar surface area (TPSA) is 18.5 Å². The van der Waals surface area contributed by atoms with Crippen LogP contribution in [0.5, 0.6) is 11.5 Å². The molecule has 0 atom stereocenters. The molecule has 0 spiro atoms. The van der Waals surface area contributed by atoms with Crippen LogP contribution in [0.25, 0.3) is 0 Å². The molecular weight excluding hydrogens is 191 g/mol. The Morgan fingerprint density at radius 1 is 1.43 bits per heavy atom. The standard InChI is InChI=1S/C10H11O2S.Li/c1-2-13-6-8-3-4-9-10(5-8)12-7-11-9;/h4-5H,2,6-7H2,1H3;/q-1;+1. The normalized spacial score (nSPS) is 12.4. The summed E-state index contributed by atoms with van der Waals surface area (Å²) in [7, 11) is 0. The molecule has 70 valence electrons. The summed E-state index contributed by atoms with van der Waals surface area (Å²) >= 11 is 1.88. The van der Waals surface area contributed by atoms with Crippen LogP contribution >= 0.6 is 11.8 Å². The van der Waals surface area contributed by atoms with E-state index in [1.54, 1.807) is 0 Å². The summed E-state index contributed by atoms with van der Waals surface area (Å²) in [5.41, 5.74) is 1.18. The molecule has 0 saturated carbocycles. The van der Waals surface area contributed by atoms with Crippen molar-refractivity contribution >= 4 is 11.8 Å². The summed E-state index contributed by atoms with van der Waals surface area (Å²) in [5.74, 6) is 3.78. The molecule has 0 aromatic heterocycles. The van der Waals surface area contributed by atoms with Crippen molar-refractivity contribution in [2.24, 2.45) is 0 Å². The predicted molar refractivity (Wildman–Crippen MR) is 53.2 cm³/mol. The molecule has 1 aromatic carbocycles. The predicted octanol–water partition coefficient (Wildman–Crippen LogP) is -0.527. The third-order valence-corrected chi connectivity index (χ3v) is 2.75. The van der Waals surface area contributed by atoms with E-state index < -0.39 is 0 Å². The van der Waals surface area contributed by atoms with Crippen molar-refractivity contribution in [3.05, 3.63) is 23.8 Å². The van der Waals surface area contributed by atoms with E-state index in [1.807, 2.05) is 23.9 Å². The summed E-state index contributed by atoms with van der Waals surface area (Å²) in [6, 6.07) is 7.04. The maximum Gasteiger partial charge on any atom is 1.00 e. The van der Waals surface area contributed by atoms with Crippen molar-refractivity contribution in [3.8, 4) is 11.5 Å². The number of hydrogen-bond acceptors (Lipinski definition) is 3. The molecule has 1 aliphatic rings. The van der Waals surface area contributed by atoms with Crippen LogP contribution in [0.15, 0.2) is 12.1 Å². The van der Waals surface area contributed by atoms with Gasteiger partial charge in [0.15, 0.2) is 0 Å². The third-order valence-electron chi connectivity index (χ3n) is 1.83. The van der Waals surface area contributed by atoms with Gasteiger partial charge in [-0.05, 0) is 11.5 Å². The van der Waals surface area contributed by atoms with Gasteiger partial charge in [-0.25, -0.2) is 0 Å². The van der Waals surface area contributed by atoms with Crippen LogP contribution in [0, 0.1) is 6.07 Å². The van der Waals surface area contributed by atoms with Crippen LogP contribution in [0.1, 0.15) is 12.5 Å². The van der Waals surface area contributed by atoms with E-state index in [0.29, 0.717) is 6.79 Å². The van der Waals surface area contributed by atoms with Gasteiger partial charge in [-0.2, -0.15) is 17.8 Å². The number of fused-ring (bicyclic) bond motifs is 1. The van der Waals surface area contributed by atoms with Gasteiger partial charge in [-0.1, -0.05) is 6.92 Å². The van der Waals surface area contributed by atoms with Crippen LogP contribution in [-0.2, 0) is 5.75 Å². The minimum atomic E-state index is 0. The fourth-order valence-electron chi connectivity index (χ4n) is 1.18. The maximum atomic E-state index is 5.27. The van der Waals surface area contributed by atoms with E-state index in [9.17, 15) is 0 Å². The van der Waals surface area contributed by atoms with Crippen LogP contribution in [-0.4, -0.2) is 12.5 Å². The molecule has 1 aromatic rings. The van der Waals surface area contributed by atoms with Crippen LogP contribution in [0.2, 0.25) is 0 Å². The van der Waals surface area contributed by atoms with Gasteiger partial charge >= 0.3 is 18.9 Å². The monoisotopic (exact) mass is 202 g/mol. The molecule has 2 rings (SSSR count). The second-order valence-corrected chi connectivity index (χ2v) is 4.00. The Kier molecular flexibility index (Phi) is 4.74. The summed E-state index contributed by atoms with van der Waals surface area (Å²) in [6.07, 6.45) is 0. The Bertz CT molecular complexity index is 304. The molecule has 14 heavy (non-hydrogen) atoms. The average Bonchev–Trinajstić information content (AvgIpc) is 2.61. The summed E-state index contributed by atoms with van der Waals surface area (Å²) in [5, 5.41) is 0. The van der Waals surface area contributed by atoms with E-state index >= 15 is 0 Å². The Labute approximate surface area is 101 Å². The molecule has 0 unspecified atom stereocenters. The molecule has 2 nitrogen and oxygen atoms in total. The fourth-order valence-corrected chi connectivity index (χ4v) is 1.77. The molecule has 0 bridgehead atoms. The van der Waals surface area contributed by atoms with Gasteiger partial charge in [-0.15, -0.1) is 17.7 Å². The van der Waals surface area contributed by atoms with E-state index in [4.69, 9.17) is 9.47 Å². The summed E-state index contributed by atoms with van der Waals surface area (Å²) in [6.45, 7) is 2.49. The number of hydrogen-bond donors (Lipinski definition) is 0. The number of thioether (sulfide) groups is 1. The van der Waals surface area contributed by atoms with Gasteiger partial charge in [0.25, 0.3) is 0 Å². The molecule has 0 amide bonds. The van der Waals surface area contributed by atoms with E-state index in [0.717, 1.165) is 23.0 Å². The second kappa shape index (κ2) is 5.60. The zero-order valence-corrected chi connectivity index (χ0v) is 9.32. The SMILES string of the molecule is CCSCc1[c-]cc2c(c1)OCO2.[Li+]. The van der Waals surface area contributed by atoms with Gasteiger partial charge in [0.2, 0.25) is 6.79 Å². The van der Waals surface area contributed by atoms with Crippen LogP contribution in [0.3, 0.4) is 0 Å². The summed E-state index contributed by atoms with van der Waals surface area (Å²) < 4.78 is 10.5.